The highest BCUT2D eigenvalue weighted by molar-refractivity contribution is 5.87. The molecule has 0 saturated carbocycles. The standard InChI is InChI=1S/C14H15N/c1-10-8-15-9-12-7-6-11-4-2-3-5-13(11)14(10)12/h2-7,10,15H,8-9H2,1H3. The molecule has 15 heavy (non-hydrogen) atoms. The van der Waals surface area contributed by atoms with Crippen LogP contribution >= 0.6 is 0 Å². The second-order valence-electron chi connectivity index (χ2n) is 4.39. The van der Waals surface area contributed by atoms with Gasteiger partial charge in [0.05, 0.1) is 0 Å². The maximum Gasteiger partial charge on any atom is 0.0208 e. The first-order valence-electron chi connectivity index (χ1n) is 5.57. The molecular formula is C14H15N. The normalized spacial score (nSPS) is 20.2. The lowest BCUT2D eigenvalue weighted by Gasteiger charge is -2.25. The third-order valence-electron chi connectivity index (χ3n) is 3.32. The van der Waals surface area contributed by atoms with Gasteiger partial charge >= 0.3 is 0 Å². The van der Waals surface area contributed by atoms with Crippen LogP contribution in [-0.2, 0) is 6.54 Å². The molecule has 3 rings (SSSR count). The van der Waals surface area contributed by atoms with Crippen molar-refractivity contribution in [1.29, 1.82) is 0 Å². The highest BCUT2D eigenvalue weighted by atomic mass is 14.9. The van der Waals surface area contributed by atoms with Gasteiger partial charge in [0.2, 0.25) is 0 Å². The van der Waals surface area contributed by atoms with Gasteiger partial charge < -0.3 is 5.32 Å². The molecule has 1 aliphatic heterocycles. The van der Waals surface area contributed by atoms with Gasteiger partial charge in [0.15, 0.2) is 0 Å². The maximum atomic E-state index is 3.46. The summed E-state index contributed by atoms with van der Waals surface area (Å²) in [5.74, 6) is 0.625. The smallest absolute Gasteiger partial charge is 0.0208 e. The largest absolute Gasteiger partial charge is 0.312 e. The van der Waals surface area contributed by atoms with Crippen molar-refractivity contribution in [3.63, 3.8) is 0 Å². The topological polar surface area (TPSA) is 12.0 Å². The first kappa shape index (κ1) is 8.93. The average molecular weight is 197 g/mol. The zero-order chi connectivity index (χ0) is 10.3. The molecule has 76 valence electrons. The van der Waals surface area contributed by atoms with Gasteiger partial charge in [-0.3, -0.25) is 0 Å². The van der Waals surface area contributed by atoms with E-state index in [1.807, 2.05) is 0 Å². The zero-order valence-corrected chi connectivity index (χ0v) is 8.96. The van der Waals surface area contributed by atoms with Gasteiger partial charge in [-0.2, -0.15) is 0 Å². The molecule has 0 spiro atoms. The Kier molecular flexibility index (Phi) is 2.00. The molecule has 1 N–H and O–H groups in total. The molecule has 0 saturated heterocycles. The van der Waals surface area contributed by atoms with Crippen LogP contribution in [0.15, 0.2) is 36.4 Å². The SMILES string of the molecule is CC1CNCc2ccc3ccccc3c21. The van der Waals surface area contributed by atoms with Crippen molar-refractivity contribution in [3.05, 3.63) is 47.5 Å². The summed E-state index contributed by atoms with van der Waals surface area (Å²) in [6.07, 6.45) is 0. The van der Waals surface area contributed by atoms with E-state index in [1.165, 1.54) is 16.3 Å². The van der Waals surface area contributed by atoms with E-state index in [0.29, 0.717) is 5.92 Å². The summed E-state index contributed by atoms with van der Waals surface area (Å²) in [5, 5.41) is 6.26. The summed E-state index contributed by atoms with van der Waals surface area (Å²) < 4.78 is 0. The van der Waals surface area contributed by atoms with Crippen LogP contribution < -0.4 is 5.32 Å². The molecule has 1 unspecified atom stereocenters. The second kappa shape index (κ2) is 3.35. The van der Waals surface area contributed by atoms with Crippen molar-refractivity contribution in [3.8, 4) is 0 Å². The van der Waals surface area contributed by atoms with Gasteiger partial charge in [-0.1, -0.05) is 43.3 Å². The second-order valence-corrected chi connectivity index (χ2v) is 4.39. The molecule has 1 atom stereocenters. The van der Waals surface area contributed by atoms with Gasteiger partial charge in [-0.05, 0) is 27.8 Å². The molecule has 0 amide bonds. The summed E-state index contributed by atoms with van der Waals surface area (Å²) in [6.45, 7) is 4.42. The third-order valence-corrected chi connectivity index (χ3v) is 3.32. The van der Waals surface area contributed by atoms with Crippen LogP contribution in [0.2, 0.25) is 0 Å². The van der Waals surface area contributed by atoms with Gasteiger partial charge in [0, 0.05) is 13.1 Å². The number of hydrogen-bond donors (Lipinski definition) is 1. The van der Waals surface area contributed by atoms with Crippen molar-refractivity contribution in [2.24, 2.45) is 0 Å². The Balaban J connectivity index is 2.35. The number of fused-ring (bicyclic) bond motifs is 3. The molecule has 0 aromatic heterocycles. The monoisotopic (exact) mass is 197 g/mol. The number of benzene rings is 2. The van der Waals surface area contributed by atoms with E-state index in [9.17, 15) is 0 Å². The molecule has 1 aliphatic rings. The van der Waals surface area contributed by atoms with Crippen LogP contribution in [0.1, 0.15) is 24.0 Å². The predicted octanol–water partition coefficient (Wildman–Crippen LogP) is 3.05. The van der Waals surface area contributed by atoms with E-state index in [-0.39, 0.29) is 0 Å². The summed E-state index contributed by atoms with van der Waals surface area (Å²) in [5.41, 5.74) is 3.01. The molecule has 1 nitrogen and oxygen atoms in total. The fraction of sp³-hybridized carbons (Fsp3) is 0.286. The fourth-order valence-corrected chi connectivity index (χ4v) is 2.60. The lowest BCUT2D eigenvalue weighted by molar-refractivity contribution is 0.575. The highest BCUT2D eigenvalue weighted by Crippen LogP contribution is 2.31. The lowest BCUT2D eigenvalue weighted by atomic mass is 9.88. The molecule has 2 aromatic carbocycles. The van der Waals surface area contributed by atoms with E-state index in [0.717, 1.165) is 13.1 Å². The van der Waals surface area contributed by atoms with Crippen molar-refractivity contribution in [2.75, 3.05) is 6.54 Å². The minimum atomic E-state index is 0.625. The van der Waals surface area contributed by atoms with E-state index in [4.69, 9.17) is 0 Å². The van der Waals surface area contributed by atoms with E-state index in [1.54, 1.807) is 5.56 Å². The van der Waals surface area contributed by atoms with Gasteiger partial charge in [0.1, 0.15) is 0 Å². The Morgan fingerprint density at radius 1 is 1.13 bits per heavy atom. The Hall–Kier alpha value is -1.34. The van der Waals surface area contributed by atoms with Crippen molar-refractivity contribution < 1.29 is 0 Å². The van der Waals surface area contributed by atoms with Crippen LogP contribution in [0.3, 0.4) is 0 Å². The molecule has 2 aromatic rings. The van der Waals surface area contributed by atoms with Crippen LogP contribution in [-0.4, -0.2) is 6.54 Å². The summed E-state index contributed by atoms with van der Waals surface area (Å²) >= 11 is 0. The third kappa shape index (κ3) is 1.35. The Morgan fingerprint density at radius 3 is 2.93 bits per heavy atom. The number of rotatable bonds is 0. The summed E-state index contributed by atoms with van der Waals surface area (Å²) in [7, 11) is 0. The molecule has 1 heterocycles. The Bertz CT molecular complexity index is 502. The van der Waals surface area contributed by atoms with Crippen LogP contribution in [0.25, 0.3) is 10.8 Å². The average Bonchev–Trinajstić information content (AvgIpc) is 2.29. The number of nitrogens with one attached hydrogen (secondary N) is 1. The van der Waals surface area contributed by atoms with Crippen LogP contribution in [0.4, 0.5) is 0 Å². The Morgan fingerprint density at radius 2 is 2.00 bits per heavy atom. The Labute approximate surface area is 90.1 Å². The molecular weight excluding hydrogens is 182 g/mol. The van der Waals surface area contributed by atoms with E-state index in [2.05, 4.69) is 48.6 Å². The molecule has 0 radical (unpaired) electrons. The van der Waals surface area contributed by atoms with E-state index < -0.39 is 0 Å². The van der Waals surface area contributed by atoms with Crippen molar-refractivity contribution >= 4 is 10.8 Å². The quantitative estimate of drug-likeness (QED) is 0.684. The zero-order valence-electron chi connectivity index (χ0n) is 8.96. The minimum absolute atomic E-state index is 0.625. The van der Waals surface area contributed by atoms with Gasteiger partial charge in [0.25, 0.3) is 0 Å². The van der Waals surface area contributed by atoms with E-state index >= 15 is 0 Å². The van der Waals surface area contributed by atoms with Crippen LogP contribution in [0, 0.1) is 0 Å². The van der Waals surface area contributed by atoms with Gasteiger partial charge in [-0.15, -0.1) is 0 Å². The molecule has 0 fully saturated rings. The first-order valence-corrected chi connectivity index (χ1v) is 5.57. The predicted molar refractivity (Wildman–Crippen MR) is 64.1 cm³/mol. The summed E-state index contributed by atoms with van der Waals surface area (Å²) in [4.78, 5) is 0. The molecule has 1 heteroatoms. The maximum absolute atomic E-state index is 3.46. The number of hydrogen-bond acceptors (Lipinski definition) is 1. The van der Waals surface area contributed by atoms with Gasteiger partial charge in [-0.25, -0.2) is 0 Å². The first-order chi connectivity index (χ1) is 7.36. The van der Waals surface area contributed by atoms with Crippen LogP contribution in [0.5, 0.6) is 0 Å². The lowest BCUT2D eigenvalue weighted by Crippen LogP contribution is -2.26. The van der Waals surface area contributed by atoms with Crippen molar-refractivity contribution in [2.45, 2.75) is 19.4 Å². The molecule has 0 bridgehead atoms. The summed E-state index contributed by atoms with van der Waals surface area (Å²) in [6, 6.07) is 13.2. The highest BCUT2D eigenvalue weighted by Gasteiger charge is 2.17. The minimum Gasteiger partial charge on any atom is -0.312 e. The fourth-order valence-electron chi connectivity index (χ4n) is 2.60. The van der Waals surface area contributed by atoms with Crippen molar-refractivity contribution in [1.82, 2.24) is 5.32 Å². The molecule has 0 aliphatic carbocycles.